The van der Waals surface area contributed by atoms with Crippen LogP contribution in [0, 0.1) is 5.82 Å². The van der Waals surface area contributed by atoms with Gasteiger partial charge in [-0.1, -0.05) is 35.5 Å². The molecule has 0 radical (unpaired) electrons. The summed E-state index contributed by atoms with van der Waals surface area (Å²) in [5.41, 5.74) is -2.20. The molecule has 0 saturated heterocycles. The van der Waals surface area contributed by atoms with Gasteiger partial charge in [0.15, 0.2) is 5.78 Å². The first kappa shape index (κ1) is 19.0. The van der Waals surface area contributed by atoms with Crippen LogP contribution in [0.25, 0.3) is 0 Å². The maximum absolute atomic E-state index is 13.3. The Bertz CT molecular complexity index is 693. The Hall–Kier alpha value is -1.08. The predicted molar refractivity (Wildman–Crippen MR) is 65.7 cm³/mol. The van der Waals surface area contributed by atoms with Crippen molar-refractivity contribution in [2.45, 2.75) is 6.18 Å². The van der Waals surface area contributed by atoms with Crippen molar-refractivity contribution in [1.82, 2.24) is 0 Å². The number of carbonyl (C=O) groups is 1. The van der Waals surface area contributed by atoms with Gasteiger partial charge in [-0.3, -0.25) is 4.79 Å². The van der Waals surface area contributed by atoms with E-state index in [-0.39, 0.29) is 29.6 Å². The third kappa shape index (κ3) is 3.81. The molecule has 0 aromatic heterocycles. The Morgan fingerprint density at radius 1 is 1.14 bits per heavy atom. The molecule has 0 aliphatic carbocycles. The van der Waals surface area contributed by atoms with Gasteiger partial charge in [-0.2, -0.15) is 13.2 Å². The Labute approximate surface area is 150 Å². The van der Waals surface area contributed by atoms with Crippen molar-refractivity contribution in [3.63, 3.8) is 0 Å². The smallest absolute Gasteiger partial charge is 0.869 e. The number of rotatable bonds is 2. The van der Waals surface area contributed by atoms with E-state index in [1.54, 1.807) is 0 Å². The quantitative estimate of drug-likeness (QED) is 0.461. The van der Waals surface area contributed by atoms with Crippen molar-refractivity contribution in [2.75, 3.05) is 0 Å². The standard InChI is InChI=1S/C14H7ClF4O2.Na/c15-10-5-7(6-11(16)13(10)21)12(20)8-3-1-2-4-9(8)14(17,18)19;/h1-6,21H;/q;+1/p-1. The summed E-state index contributed by atoms with van der Waals surface area (Å²) in [5.74, 6) is -3.48. The fraction of sp³-hybridized carbons (Fsp3) is 0.0714. The Balaban J connectivity index is 0.00000242. The number of carbonyl (C=O) groups excluding carboxylic acids is 1. The Kier molecular flexibility index (Phi) is 6.03. The van der Waals surface area contributed by atoms with Crippen molar-refractivity contribution in [2.24, 2.45) is 0 Å². The van der Waals surface area contributed by atoms with Crippen molar-refractivity contribution < 1.29 is 57.0 Å². The van der Waals surface area contributed by atoms with Gasteiger partial charge >= 0.3 is 35.7 Å². The van der Waals surface area contributed by atoms with Crippen LogP contribution in [0.3, 0.4) is 0 Å². The molecule has 8 heteroatoms. The van der Waals surface area contributed by atoms with Crippen LogP contribution in [-0.4, -0.2) is 5.78 Å². The van der Waals surface area contributed by atoms with E-state index in [9.17, 15) is 27.5 Å². The van der Waals surface area contributed by atoms with Gasteiger partial charge in [0.1, 0.15) is 5.82 Å². The molecule has 2 nitrogen and oxygen atoms in total. The van der Waals surface area contributed by atoms with Crippen LogP contribution in [0.2, 0.25) is 5.02 Å². The van der Waals surface area contributed by atoms with E-state index in [0.717, 1.165) is 24.3 Å². The molecule has 0 saturated carbocycles. The molecule has 22 heavy (non-hydrogen) atoms. The topological polar surface area (TPSA) is 40.1 Å². The number of alkyl halides is 3. The maximum Gasteiger partial charge on any atom is 1.00 e. The van der Waals surface area contributed by atoms with Crippen LogP contribution >= 0.6 is 11.6 Å². The van der Waals surface area contributed by atoms with Crippen LogP contribution in [0.15, 0.2) is 36.4 Å². The summed E-state index contributed by atoms with van der Waals surface area (Å²) in [6, 6.07) is 5.53. The van der Waals surface area contributed by atoms with E-state index in [0.29, 0.717) is 6.07 Å². The molecule has 0 aliphatic rings. The summed E-state index contributed by atoms with van der Waals surface area (Å²) in [4.78, 5) is 12.1. The molecule has 0 aliphatic heterocycles. The van der Waals surface area contributed by atoms with Crippen LogP contribution in [0.1, 0.15) is 21.5 Å². The molecular formula is C14H6ClF4NaO2. The fourth-order valence-corrected chi connectivity index (χ4v) is 1.98. The molecule has 0 N–H and O–H groups in total. The fourth-order valence-electron chi connectivity index (χ4n) is 1.77. The second kappa shape index (κ2) is 7.00. The van der Waals surface area contributed by atoms with Gasteiger partial charge in [0.05, 0.1) is 5.56 Å². The van der Waals surface area contributed by atoms with E-state index in [1.165, 1.54) is 6.07 Å². The maximum atomic E-state index is 13.3. The van der Waals surface area contributed by atoms with E-state index in [2.05, 4.69) is 0 Å². The first-order valence-corrected chi connectivity index (χ1v) is 5.96. The third-order valence-corrected chi connectivity index (χ3v) is 3.02. The van der Waals surface area contributed by atoms with E-state index >= 15 is 0 Å². The molecule has 0 unspecified atom stereocenters. The van der Waals surface area contributed by atoms with Crippen LogP contribution in [0.4, 0.5) is 17.6 Å². The molecule has 2 aromatic rings. The Morgan fingerprint density at radius 2 is 1.73 bits per heavy atom. The number of hydrogen-bond acceptors (Lipinski definition) is 2. The van der Waals surface area contributed by atoms with Gasteiger partial charge < -0.3 is 5.11 Å². The van der Waals surface area contributed by atoms with E-state index in [1.807, 2.05) is 0 Å². The number of halogens is 5. The van der Waals surface area contributed by atoms with Crippen LogP contribution in [-0.2, 0) is 6.18 Å². The summed E-state index contributed by atoms with van der Waals surface area (Å²) in [7, 11) is 0. The van der Waals surface area contributed by atoms with E-state index < -0.39 is 45.2 Å². The van der Waals surface area contributed by atoms with Crippen molar-refractivity contribution >= 4 is 17.4 Å². The molecule has 0 bridgehead atoms. The molecule has 0 atom stereocenters. The zero-order valence-corrected chi connectivity index (χ0v) is 13.9. The van der Waals surface area contributed by atoms with Gasteiger partial charge in [-0.05, 0) is 18.2 Å². The minimum atomic E-state index is -4.73. The summed E-state index contributed by atoms with van der Waals surface area (Å²) in [6.07, 6.45) is -4.73. The summed E-state index contributed by atoms with van der Waals surface area (Å²) in [5, 5.41) is 10.5. The van der Waals surface area contributed by atoms with Crippen LogP contribution in [0.5, 0.6) is 5.75 Å². The molecule has 0 spiro atoms. The SMILES string of the molecule is O=C(c1cc(F)c([O-])c(Cl)c1)c1ccccc1C(F)(F)F.[Na+]. The van der Waals surface area contributed by atoms with Crippen LogP contribution < -0.4 is 34.7 Å². The van der Waals surface area contributed by atoms with E-state index in [4.69, 9.17) is 11.6 Å². The number of ketones is 1. The van der Waals surface area contributed by atoms with Crippen molar-refractivity contribution in [3.8, 4) is 5.75 Å². The Morgan fingerprint density at radius 3 is 2.27 bits per heavy atom. The molecular weight excluding hydrogens is 335 g/mol. The van der Waals surface area contributed by atoms with Gasteiger partial charge in [0.25, 0.3) is 0 Å². The van der Waals surface area contributed by atoms with Gasteiger partial charge in [-0.15, -0.1) is 0 Å². The number of benzene rings is 2. The van der Waals surface area contributed by atoms with Gasteiger partial charge in [0, 0.05) is 16.1 Å². The predicted octanol–water partition coefficient (Wildman–Crippen LogP) is 0.806. The third-order valence-electron chi connectivity index (χ3n) is 2.74. The molecule has 2 rings (SSSR count). The average Bonchev–Trinajstić information content (AvgIpc) is 2.42. The zero-order valence-electron chi connectivity index (χ0n) is 11.2. The summed E-state index contributed by atoms with van der Waals surface area (Å²) < 4.78 is 51.8. The molecule has 0 amide bonds. The van der Waals surface area contributed by atoms with Crippen molar-refractivity contribution in [3.05, 3.63) is 63.9 Å². The van der Waals surface area contributed by atoms with Crippen molar-refractivity contribution in [1.29, 1.82) is 0 Å². The zero-order chi connectivity index (χ0) is 15.8. The minimum absolute atomic E-state index is 0. The molecule has 110 valence electrons. The normalized spacial score (nSPS) is 11.0. The summed E-state index contributed by atoms with van der Waals surface area (Å²) in [6.45, 7) is 0. The first-order chi connectivity index (χ1) is 9.71. The second-order valence-corrected chi connectivity index (χ2v) is 4.55. The molecule has 0 heterocycles. The number of hydrogen-bond donors (Lipinski definition) is 0. The monoisotopic (exact) mass is 340 g/mol. The second-order valence-electron chi connectivity index (χ2n) is 4.14. The van der Waals surface area contributed by atoms with Gasteiger partial charge in [-0.25, -0.2) is 4.39 Å². The minimum Gasteiger partial charge on any atom is -0.869 e. The first-order valence-electron chi connectivity index (χ1n) is 5.59. The molecule has 0 fully saturated rings. The largest absolute Gasteiger partial charge is 1.00 e. The average molecular weight is 341 g/mol. The summed E-state index contributed by atoms with van der Waals surface area (Å²) >= 11 is 5.45. The van der Waals surface area contributed by atoms with Gasteiger partial charge in [0.2, 0.25) is 0 Å². The molecule has 2 aromatic carbocycles.